The van der Waals surface area contributed by atoms with Crippen molar-refractivity contribution in [1.82, 2.24) is 0 Å². The van der Waals surface area contributed by atoms with Gasteiger partial charge in [-0.05, 0) is 285 Å². The SMILES string of the molecule is COc1ccc(C(=O)c2cccc(C#Cc3ccc(Oc4ccc5c(c4)C4(c6ccccc6-c6ccccc64)c4cc(C)ccc4-5)cc3)c2)cc1.COc1ccc(OCCOc2ccc(Oc3ccc4c(c3)C3(c5ccccc5-c5ccccc53)c3cc(C)ccc3-4)cc2)cc1.Fc1ccc(OCCOc2ccc(F)cc2)cc1. The highest BCUT2D eigenvalue weighted by Crippen LogP contribution is 2.65. The highest BCUT2D eigenvalue weighted by molar-refractivity contribution is 6.09. The van der Waals surface area contributed by atoms with Gasteiger partial charge in [-0.15, -0.1) is 0 Å². The third kappa shape index (κ3) is 14.1. The van der Waals surface area contributed by atoms with Crippen molar-refractivity contribution in [3.05, 3.63) is 429 Å². The normalized spacial score (nSPS) is 12.4. The minimum Gasteiger partial charge on any atom is -0.497 e. The van der Waals surface area contributed by atoms with Gasteiger partial charge >= 0.3 is 0 Å². The van der Waals surface area contributed by atoms with Gasteiger partial charge in [-0.25, -0.2) is 8.78 Å². The van der Waals surface area contributed by atoms with E-state index in [1.54, 1.807) is 62.8 Å². The summed E-state index contributed by atoms with van der Waals surface area (Å²) < 4.78 is 71.0. The van der Waals surface area contributed by atoms with E-state index in [0.29, 0.717) is 54.8 Å². The number of benzene rings is 15. The summed E-state index contributed by atoms with van der Waals surface area (Å²) in [5.41, 5.74) is 25.2. The topological polar surface area (TPSA) is 90.9 Å². The number of carbonyl (C=O) groups is 1. The van der Waals surface area contributed by atoms with Crippen molar-refractivity contribution in [2.24, 2.45) is 0 Å². The van der Waals surface area contributed by atoms with Gasteiger partial charge in [0.2, 0.25) is 0 Å². The van der Waals surface area contributed by atoms with Crippen LogP contribution in [0, 0.1) is 37.3 Å². The lowest BCUT2D eigenvalue weighted by atomic mass is 9.70. The van der Waals surface area contributed by atoms with E-state index in [9.17, 15) is 13.6 Å². The first-order valence-electron chi connectivity index (χ1n) is 37.9. The van der Waals surface area contributed by atoms with E-state index < -0.39 is 10.8 Å². The molecule has 0 saturated carbocycles. The first kappa shape index (κ1) is 72.6. The number of rotatable bonds is 18. The molecule has 2 spiro atoms. The Hall–Kier alpha value is -14.2. The van der Waals surface area contributed by atoms with Gasteiger partial charge in [0, 0.05) is 22.3 Å². The van der Waals surface area contributed by atoms with Crippen LogP contribution in [0.1, 0.15) is 82.7 Å². The molecule has 556 valence electrons. The molecular weight excluding hydrogens is 1420 g/mol. The number of aryl methyl sites for hydroxylation is 2. The van der Waals surface area contributed by atoms with Crippen molar-refractivity contribution in [2.75, 3.05) is 40.6 Å². The van der Waals surface area contributed by atoms with Crippen molar-refractivity contribution in [3.63, 3.8) is 0 Å². The Balaban J connectivity index is 0.000000136. The molecule has 0 saturated heterocycles. The Kier molecular flexibility index (Phi) is 20.2. The molecule has 0 fully saturated rings. The molecule has 114 heavy (non-hydrogen) atoms. The Morgan fingerprint density at radius 1 is 0.272 bits per heavy atom. The molecule has 15 aromatic rings. The minimum atomic E-state index is -0.417. The Bertz CT molecular complexity index is 6000. The number of halogens is 2. The molecule has 0 N–H and O–H groups in total. The van der Waals surface area contributed by atoms with E-state index in [-0.39, 0.29) is 17.4 Å². The van der Waals surface area contributed by atoms with E-state index in [1.807, 2.05) is 97.1 Å². The second-order valence-electron chi connectivity index (χ2n) is 28.3. The Morgan fingerprint density at radius 2 is 0.579 bits per heavy atom. The lowest BCUT2D eigenvalue weighted by Crippen LogP contribution is -2.26. The van der Waals surface area contributed by atoms with E-state index in [1.165, 1.54) is 124 Å². The van der Waals surface area contributed by atoms with Crippen LogP contribution in [-0.2, 0) is 10.8 Å². The second-order valence-corrected chi connectivity index (χ2v) is 28.3. The van der Waals surface area contributed by atoms with Crippen LogP contribution in [0.4, 0.5) is 8.78 Å². The van der Waals surface area contributed by atoms with Crippen LogP contribution in [-0.4, -0.2) is 46.4 Å². The highest BCUT2D eigenvalue weighted by atomic mass is 19.1. The van der Waals surface area contributed by atoms with Crippen LogP contribution < -0.4 is 37.9 Å². The molecule has 0 unspecified atom stereocenters. The molecular formula is C103H76F2O9. The van der Waals surface area contributed by atoms with E-state index in [4.69, 9.17) is 37.9 Å². The zero-order valence-corrected chi connectivity index (χ0v) is 63.1. The summed E-state index contributed by atoms with van der Waals surface area (Å²) in [5, 5.41) is 0. The number of fused-ring (bicyclic) bond motifs is 20. The highest BCUT2D eigenvalue weighted by Gasteiger charge is 2.53. The Morgan fingerprint density at radius 3 is 0.974 bits per heavy atom. The van der Waals surface area contributed by atoms with Crippen LogP contribution >= 0.6 is 0 Å². The molecule has 19 rings (SSSR count). The van der Waals surface area contributed by atoms with E-state index in [2.05, 4.69) is 196 Å². The summed E-state index contributed by atoms with van der Waals surface area (Å²) in [6.45, 7) is 5.90. The molecule has 0 bridgehead atoms. The summed E-state index contributed by atoms with van der Waals surface area (Å²) in [6.07, 6.45) is 0. The van der Waals surface area contributed by atoms with Crippen LogP contribution in [0.3, 0.4) is 0 Å². The summed E-state index contributed by atoms with van der Waals surface area (Å²) >= 11 is 0. The molecule has 4 aliphatic carbocycles. The summed E-state index contributed by atoms with van der Waals surface area (Å²) in [5.74, 6) is 13.1. The number of ether oxygens (including phenoxy) is 8. The molecule has 15 aromatic carbocycles. The fourth-order valence-corrected chi connectivity index (χ4v) is 16.2. The maximum atomic E-state index is 13.1. The average molecular weight is 1500 g/mol. The predicted molar refractivity (Wildman–Crippen MR) is 445 cm³/mol. The van der Waals surface area contributed by atoms with Crippen LogP contribution in [0.25, 0.3) is 44.5 Å². The van der Waals surface area contributed by atoms with Gasteiger partial charge in [0.25, 0.3) is 0 Å². The fraction of sp³-hybridized carbons (Fsp3) is 0.0971. The van der Waals surface area contributed by atoms with Crippen LogP contribution in [0.2, 0.25) is 0 Å². The molecule has 0 aliphatic heterocycles. The third-order valence-corrected chi connectivity index (χ3v) is 21.3. The number of carbonyl (C=O) groups excluding carboxylic acids is 1. The van der Waals surface area contributed by atoms with E-state index in [0.717, 1.165) is 51.4 Å². The van der Waals surface area contributed by atoms with Crippen molar-refractivity contribution in [2.45, 2.75) is 24.7 Å². The zero-order chi connectivity index (χ0) is 77.7. The molecule has 0 atom stereocenters. The molecule has 4 aliphatic rings. The molecule has 11 heteroatoms. The van der Waals surface area contributed by atoms with Crippen molar-refractivity contribution < 1.29 is 51.5 Å². The lowest BCUT2D eigenvalue weighted by Gasteiger charge is -2.30. The minimum absolute atomic E-state index is 0.0550. The largest absolute Gasteiger partial charge is 0.497 e. The van der Waals surface area contributed by atoms with Crippen molar-refractivity contribution in [1.29, 1.82) is 0 Å². The summed E-state index contributed by atoms with van der Waals surface area (Å²) in [6, 6.07) is 111. The molecule has 0 radical (unpaired) electrons. The average Bonchev–Trinajstić information content (AvgIpc) is 1.52. The zero-order valence-electron chi connectivity index (χ0n) is 63.1. The molecule has 0 aromatic heterocycles. The number of hydrogen-bond acceptors (Lipinski definition) is 9. The lowest BCUT2D eigenvalue weighted by molar-refractivity contribution is 0.103. The number of hydrogen-bond donors (Lipinski definition) is 0. The maximum absolute atomic E-state index is 13.1. The monoisotopic (exact) mass is 1490 g/mol. The van der Waals surface area contributed by atoms with Crippen molar-refractivity contribution >= 4 is 5.78 Å². The van der Waals surface area contributed by atoms with Crippen LogP contribution in [0.5, 0.6) is 57.5 Å². The summed E-state index contributed by atoms with van der Waals surface area (Å²) in [4.78, 5) is 13.1. The smallest absolute Gasteiger partial charge is 0.193 e. The van der Waals surface area contributed by atoms with Gasteiger partial charge in [-0.1, -0.05) is 181 Å². The molecule has 0 heterocycles. The summed E-state index contributed by atoms with van der Waals surface area (Å²) in [7, 11) is 3.26. The maximum Gasteiger partial charge on any atom is 0.193 e. The molecule has 0 amide bonds. The first-order chi connectivity index (χ1) is 55.9. The third-order valence-electron chi connectivity index (χ3n) is 21.3. The van der Waals surface area contributed by atoms with Crippen molar-refractivity contribution in [3.8, 4) is 114 Å². The predicted octanol–water partition coefficient (Wildman–Crippen LogP) is 23.8. The van der Waals surface area contributed by atoms with Gasteiger partial charge in [0.1, 0.15) is 95.6 Å². The van der Waals surface area contributed by atoms with Gasteiger partial charge in [0.05, 0.1) is 25.0 Å². The molecule has 9 nitrogen and oxygen atoms in total. The second kappa shape index (κ2) is 31.6. The van der Waals surface area contributed by atoms with Gasteiger partial charge < -0.3 is 37.9 Å². The number of ketones is 1. The van der Waals surface area contributed by atoms with Gasteiger partial charge in [0.15, 0.2) is 5.78 Å². The quantitative estimate of drug-likeness (QED) is 0.0473. The van der Waals surface area contributed by atoms with Gasteiger partial charge in [-0.3, -0.25) is 4.79 Å². The number of methoxy groups -OCH3 is 2. The van der Waals surface area contributed by atoms with Gasteiger partial charge in [-0.2, -0.15) is 0 Å². The standard InChI is InChI=1S/C48H32O3.C41H32O4.C14H12F2O2/c1-31-14-26-41-42-27-25-38(30-46(42)48(45(41)28-31)43-12-5-3-10-39(43)40-11-4-6-13-44(40)48)51-37-21-17-32(18-22-37)15-16-33-8-7-9-35(29-33)47(49)34-19-23-36(50-2)24-20-34;1-27-11-21-35-36-22-20-32(45-31-18-16-30(17-19-31)44-24-23-43-29-14-12-28(42-2)13-15-29)26-40(36)41(39(35)25-27)37-9-5-3-7-33(37)34-8-4-6-10-38(34)41;15-11-1-5-13(6-2-11)17-9-10-18-14-7-3-12(16)4-8-14/h3-14,17-30H,1-2H3;3-22,25-26H,23-24H2,1-2H3;1-8H,9-10H2. The fourth-order valence-electron chi connectivity index (χ4n) is 16.2. The first-order valence-corrected chi connectivity index (χ1v) is 37.9. The van der Waals surface area contributed by atoms with E-state index >= 15 is 0 Å². The Labute approximate surface area is 661 Å². The van der Waals surface area contributed by atoms with Crippen LogP contribution in [0.15, 0.2) is 340 Å².